The fourth-order valence-electron chi connectivity index (χ4n) is 2.31. The van der Waals surface area contributed by atoms with Gasteiger partial charge in [0.2, 0.25) is 0 Å². The fourth-order valence-corrected chi connectivity index (χ4v) is 2.31. The maximum Gasteiger partial charge on any atom is 0.337 e. The molecule has 7 heteroatoms. The summed E-state index contributed by atoms with van der Waals surface area (Å²) in [7, 11) is 2.72. The van der Waals surface area contributed by atoms with Gasteiger partial charge in [0.15, 0.2) is 23.4 Å². The summed E-state index contributed by atoms with van der Waals surface area (Å²) in [6.07, 6.45) is -0.844. The zero-order chi connectivity index (χ0) is 20.0. The Morgan fingerprint density at radius 2 is 1.70 bits per heavy atom. The van der Waals surface area contributed by atoms with Crippen molar-refractivity contribution in [3.63, 3.8) is 0 Å². The first-order valence-electron chi connectivity index (χ1n) is 8.20. The second kappa shape index (κ2) is 8.84. The minimum atomic E-state index is -0.844. The molecule has 1 amide bonds. The van der Waals surface area contributed by atoms with Gasteiger partial charge < -0.3 is 19.5 Å². The molecule has 7 nitrogen and oxygen atoms in total. The number of methoxy groups -OCH3 is 2. The number of hydrogen-bond donors (Lipinski definition) is 1. The first kappa shape index (κ1) is 20.0. The van der Waals surface area contributed by atoms with Crippen LogP contribution in [0.25, 0.3) is 0 Å². The Kier molecular flexibility index (Phi) is 6.54. The van der Waals surface area contributed by atoms with Gasteiger partial charge in [-0.2, -0.15) is 0 Å². The maximum atomic E-state index is 12.4. The number of amides is 1. The van der Waals surface area contributed by atoms with Crippen LogP contribution >= 0.6 is 0 Å². The van der Waals surface area contributed by atoms with E-state index in [-0.39, 0.29) is 5.78 Å². The number of ether oxygens (including phenoxy) is 3. The molecule has 0 aliphatic carbocycles. The third kappa shape index (κ3) is 5.07. The number of esters is 1. The van der Waals surface area contributed by atoms with Crippen molar-refractivity contribution in [1.29, 1.82) is 0 Å². The number of carbonyl (C=O) groups excluding carboxylic acids is 3. The SMILES string of the molecule is COC(=O)c1ccc(OC(C)C(=O)Nc2cccc(C(C)=O)c2)c(OC)c1. The lowest BCUT2D eigenvalue weighted by atomic mass is 10.1. The third-order valence-corrected chi connectivity index (χ3v) is 3.79. The van der Waals surface area contributed by atoms with Crippen molar-refractivity contribution >= 4 is 23.3 Å². The summed E-state index contributed by atoms with van der Waals surface area (Å²) >= 11 is 0. The zero-order valence-electron chi connectivity index (χ0n) is 15.6. The predicted octanol–water partition coefficient (Wildman–Crippen LogP) is 3.09. The first-order chi connectivity index (χ1) is 12.8. The number of carbonyl (C=O) groups is 3. The molecule has 0 saturated carbocycles. The van der Waals surface area contributed by atoms with Gasteiger partial charge in [-0.3, -0.25) is 9.59 Å². The van der Waals surface area contributed by atoms with Crippen molar-refractivity contribution in [3.8, 4) is 11.5 Å². The Labute approximate surface area is 157 Å². The van der Waals surface area contributed by atoms with Gasteiger partial charge >= 0.3 is 5.97 Å². The molecular weight excluding hydrogens is 350 g/mol. The van der Waals surface area contributed by atoms with Gasteiger partial charge in [0, 0.05) is 11.3 Å². The van der Waals surface area contributed by atoms with Crippen LogP contribution in [0.15, 0.2) is 42.5 Å². The molecule has 0 saturated heterocycles. The topological polar surface area (TPSA) is 90.9 Å². The van der Waals surface area contributed by atoms with Crippen molar-refractivity contribution in [1.82, 2.24) is 0 Å². The molecule has 1 atom stereocenters. The minimum Gasteiger partial charge on any atom is -0.493 e. The molecule has 0 bridgehead atoms. The van der Waals surface area contributed by atoms with Crippen LogP contribution in [0, 0.1) is 0 Å². The van der Waals surface area contributed by atoms with Crippen molar-refractivity contribution < 1.29 is 28.6 Å². The van der Waals surface area contributed by atoms with Gasteiger partial charge in [0.05, 0.1) is 19.8 Å². The van der Waals surface area contributed by atoms with E-state index in [1.165, 1.54) is 39.3 Å². The molecule has 0 radical (unpaired) electrons. The minimum absolute atomic E-state index is 0.0918. The smallest absolute Gasteiger partial charge is 0.337 e. The molecule has 2 aromatic rings. The summed E-state index contributed by atoms with van der Waals surface area (Å²) in [4.78, 5) is 35.4. The largest absolute Gasteiger partial charge is 0.493 e. The molecule has 0 spiro atoms. The molecule has 1 unspecified atom stereocenters. The molecule has 1 N–H and O–H groups in total. The monoisotopic (exact) mass is 371 g/mol. The number of nitrogens with one attached hydrogen (secondary N) is 1. The van der Waals surface area contributed by atoms with E-state index in [0.717, 1.165) is 0 Å². The van der Waals surface area contributed by atoms with E-state index in [9.17, 15) is 14.4 Å². The summed E-state index contributed by atoms with van der Waals surface area (Å²) in [5.41, 5.74) is 1.30. The van der Waals surface area contributed by atoms with Crippen LogP contribution in [-0.2, 0) is 9.53 Å². The zero-order valence-corrected chi connectivity index (χ0v) is 15.6. The fraction of sp³-hybridized carbons (Fsp3) is 0.250. The first-order valence-corrected chi connectivity index (χ1v) is 8.20. The Morgan fingerprint density at radius 3 is 2.33 bits per heavy atom. The summed E-state index contributed by atoms with van der Waals surface area (Å²) in [6.45, 7) is 3.04. The van der Waals surface area contributed by atoms with Crippen LogP contribution in [0.5, 0.6) is 11.5 Å². The van der Waals surface area contributed by atoms with E-state index in [1.54, 1.807) is 31.2 Å². The second-order valence-electron chi connectivity index (χ2n) is 5.74. The van der Waals surface area contributed by atoms with Crippen LogP contribution in [0.2, 0.25) is 0 Å². The average molecular weight is 371 g/mol. The summed E-state index contributed by atoms with van der Waals surface area (Å²) in [5.74, 6) is -0.377. The summed E-state index contributed by atoms with van der Waals surface area (Å²) < 4.78 is 15.5. The Morgan fingerprint density at radius 1 is 0.963 bits per heavy atom. The number of Topliss-reactive ketones (excluding diaryl/α,β-unsaturated/α-hetero) is 1. The third-order valence-electron chi connectivity index (χ3n) is 3.79. The highest BCUT2D eigenvalue weighted by molar-refractivity contribution is 5.98. The highest BCUT2D eigenvalue weighted by Crippen LogP contribution is 2.29. The highest BCUT2D eigenvalue weighted by atomic mass is 16.5. The lowest BCUT2D eigenvalue weighted by Crippen LogP contribution is -2.30. The van der Waals surface area contributed by atoms with Crippen molar-refractivity contribution in [2.24, 2.45) is 0 Å². The van der Waals surface area contributed by atoms with Crippen molar-refractivity contribution in [2.75, 3.05) is 19.5 Å². The van der Waals surface area contributed by atoms with Crippen LogP contribution in [0.4, 0.5) is 5.69 Å². The van der Waals surface area contributed by atoms with Crippen molar-refractivity contribution in [3.05, 3.63) is 53.6 Å². The summed E-state index contributed by atoms with van der Waals surface area (Å²) in [5, 5.41) is 2.70. The average Bonchev–Trinajstić information content (AvgIpc) is 2.67. The van der Waals surface area contributed by atoms with E-state index in [4.69, 9.17) is 9.47 Å². The number of anilines is 1. The van der Waals surface area contributed by atoms with E-state index >= 15 is 0 Å². The van der Waals surface area contributed by atoms with E-state index in [0.29, 0.717) is 28.3 Å². The molecule has 0 heterocycles. The molecule has 0 aliphatic rings. The van der Waals surface area contributed by atoms with Crippen LogP contribution in [0.1, 0.15) is 34.6 Å². The normalized spacial score (nSPS) is 11.3. The summed E-state index contributed by atoms with van der Waals surface area (Å²) in [6, 6.07) is 11.2. The molecule has 0 aliphatic heterocycles. The van der Waals surface area contributed by atoms with Gasteiger partial charge in [-0.15, -0.1) is 0 Å². The molecule has 2 aromatic carbocycles. The highest BCUT2D eigenvalue weighted by Gasteiger charge is 2.19. The van der Waals surface area contributed by atoms with Gasteiger partial charge in [0.1, 0.15) is 0 Å². The van der Waals surface area contributed by atoms with Gasteiger partial charge in [-0.05, 0) is 44.2 Å². The van der Waals surface area contributed by atoms with E-state index in [1.807, 2.05) is 0 Å². The van der Waals surface area contributed by atoms with Crippen LogP contribution in [0.3, 0.4) is 0 Å². The predicted molar refractivity (Wildman–Crippen MR) is 99.5 cm³/mol. The molecular formula is C20H21NO6. The van der Waals surface area contributed by atoms with Crippen LogP contribution < -0.4 is 14.8 Å². The van der Waals surface area contributed by atoms with E-state index < -0.39 is 18.0 Å². The van der Waals surface area contributed by atoms with Crippen molar-refractivity contribution in [2.45, 2.75) is 20.0 Å². The lowest BCUT2D eigenvalue weighted by Gasteiger charge is -2.17. The van der Waals surface area contributed by atoms with Gasteiger partial charge in [-0.1, -0.05) is 12.1 Å². The molecule has 2 rings (SSSR count). The molecule has 142 valence electrons. The van der Waals surface area contributed by atoms with Crippen LogP contribution in [-0.4, -0.2) is 38.0 Å². The Bertz CT molecular complexity index is 861. The maximum absolute atomic E-state index is 12.4. The Hall–Kier alpha value is -3.35. The molecule has 27 heavy (non-hydrogen) atoms. The Balaban J connectivity index is 2.11. The standard InChI is InChI=1S/C20H21NO6/c1-12(22)14-6-5-7-16(10-14)21-19(23)13(2)27-17-9-8-15(20(24)26-4)11-18(17)25-3/h5-11,13H,1-4H3,(H,21,23). The lowest BCUT2D eigenvalue weighted by molar-refractivity contribution is -0.122. The molecule has 0 fully saturated rings. The number of hydrogen-bond acceptors (Lipinski definition) is 6. The second-order valence-corrected chi connectivity index (χ2v) is 5.74. The molecule has 0 aromatic heterocycles. The number of rotatable bonds is 7. The number of ketones is 1. The van der Waals surface area contributed by atoms with Gasteiger partial charge in [0.25, 0.3) is 5.91 Å². The van der Waals surface area contributed by atoms with Gasteiger partial charge in [-0.25, -0.2) is 4.79 Å². The quantitative estimate of drug-likeness (QED) is 0.594. The number of benzene rings is 2. The van der Waals surface area contributed by atoms with E-state index in [2.05, 4.69) is 10.1 Å².